The number of piperidine rings is 1. The van der Waals surface area contributed by atoms with E-state index in [9.17, 15) is 9.59 Å². The second kappa shape index (κ2) is 8.88. The summed E-state index contributed by atoms with van der Waals surface area (Å²) in [6.07, 6.45) is 2.08. The Hall–Kier alpha value is -2.86. The zero-order chi connectivity index (χ0) is 21.1. The minimum absolute atomic E-state index is 0.0903. The molecule has 1 N–H and O–H groups in total. The van der Waals surface area contributed by atoms with Gasteiger partial charge in [0.05, 0.1) is 17.6 Å². The Morgan fingerprint density at radius 1 is 1.13 bits per heavy atom. The van der Waals surface area contributed by atoms with E-state index in [0.29, 0.717) is 22.3 Å². The molecule has 1 aliphatic rings. The Morgan fingerprint density at radius 3 is 2.67 bits per heavy atom. The summed E-state index contributed by atoms with van der Waals surface area (Å²) in [6, 6.07) is 14.5. The van der Waals surface area contributed by atoms with Crippen LogP contribution in [-0.2, 0) is 17.9 Å². The molecule has 1 aliphatic heterocycles. The predicted octanol–water partition coefficient (Wildman–Crippen LogP) is 3.88. The highest BCUT2D eigenvalue weighted by Gasteiger charge is 2.22. The van der Waals surface area contributed by atoms with E-state index < -0.39 is 0 Å². The molecule has 7 heteroatoms. The van der Waals surface area contributed by atoms with Gasteiger partial charge in [0.15, 0.2) is 0 Å². The summed E-state index contributed by atoms with van der Waals surface area (Å²) in [5, 5.41) is 3.41. The third kappa shape index (κ3) is 4.49. The first kappa shape index (κ1) is 20.4. The van der Waals surface area contributed by atoms with Gasteiger partial charge in [-0.1, -0.05) is 36.7 Å². The molecule has 2 heterocycles. The first-order valence-electron chi connectivity index (χ1n) is 10.3. The number of nitrogens with zero attached hydrogens (tertiary/aromatic N) is 3. The van der Waals surface area contributed by atoms with Crippen molar-refractivity contribution in [3.05, 3.63) is 64.9 Å². The van der Waals surface area contributed by atoms with Crippen molar-refractivity contribution < 1.29 is 9.59 Å². The molecule has 1 saturated heterocycles. The van der Waals surface area contributed by atoms with Crippen molar-refractivity contribution in [1.29, 1.82) is 0 Å². The molecule has 0 unspecified atom stereocenters. The Balaban J connectivity index is 1.53. The number of rotatable bonds is 5. The van der Waals surface area contributed by atoms with Crippen LogP contribution in [0.1, 0.15) is 35.9 Å². The van der Waals surface area contributed by atoms with Crippen molar-refractivity contribution in [3.8, 4) is 0 Å². The number of amides is 2. The summed E-state index contributed by atoms with van der Waals surface area (Å²) < 4.78 is 1.91. The Bertz CT molecular complexity index is 1070. The minimum Gasteiger partial charge on any atom is -0.345 e. The van der Waals surface area contributed by atoms with E-state index in [1.165, 1.54) is 0 Å². The van der Waals surface area contributed by atoms with Crippen molar-refractivity contribution in [2.24, 2.45) is 5.92 Å². The van der Waals surface area contributed by atoms with E-state index >= 15 is 0 Å². The highest BCUT2D eigenvalue weighted by molar-refractivity contribution is 6.30. The van der Waals surface area contributed by atoms with Gasteiger partial charge in [0.2, 0.25) is 5.91 Å². The molecule has 0 saturated carbocycles. The molecule has 3 aromatic rings. The Labute approximate surface area is 180 Å². The fourth-order valence-corrected chi connectivity index (χ4v) is 4.01. The number of benzene rings is 2. The lowest BCUT2D eigenvalue weighted by molar-refractivity contribution is -0.133. The number of halogens is 1. The van der Waals surface area contributed by atoms with Crippen LogP contribution in [0.2, 0.25) is 5.02 Å². The zero-order valence-corrected chi connectivity index (χ0v) is 17.7. The smallest absolute Gasteiger partial charge is 0.251 e. The van der Waals surface area contributed by atoms with Crippen LogP contribution in [0.5, 0.6) is 0 Å². The van der Waals surface area contributed by atoms with Crippen molar-refractivity contribution >= 4 is 34.4 Å². The molecule has 0 spiro atoms. The predicted molar refractivity (Wildman–Crippen MR) is 117 cm³/mol. The lowest BCUT2D eigenvalue weighted by Crippen LogP contribution is -2.40. The van der Waals surface area contributed by atoms with Crippen molar-refractivity contribution in [2.45, 2.75) is 32.9 Å². The standard InChI is InChI=1S/C23H25ClN4O2/c1-16-9-11-27(12-10-16)22(29)15-28-20-8-3-2-7-19(20)26-21(28)14-25-23(30)17-5-4-6-18(24)13-17/h2-8,13,16H,9-12,14-15H2,1H3,(H,25,30). The van der Waals surface area contributed by atoms with Crippen LogP contribution in [0.3, 0.4) is 0 Å². The number of hydrogen-bond acceptors (Lipinski definition) is 3. The van der Waals surface area contributed by atoms with Crippen LogP contribution in [0.15, 0.2) is 48.5 Å². The fourth-order valence-electron chi connectivity index (χ4n) is 3.82. The van der Waals surface area contributed by atoms with Gasteiger partial charge in [0.1, 0.15) is 12.4 Å². The van der Waals surface area contributed by atoms with Crippen LogP contribution >= 0.6 is 11.6 Å². The number of likely N-dealkylation sites (tertiary alicyclic amines) is 1. The lowest BCUT2D eigenvalue weighted by atomic mass is 9.99. The van der Waals surface area contributed by atoms with Crippen molar-refractivity contribution in [1.82, 2.24) is 19.8 Å². The van der Waals surface area contributed by atoms with E-state index in [1.807, 2.05) is 33.7 Å². The molecule has 0 aliphatic carbocycles. The van der Waals surface area contributed by atoms with Crippen LogP contribution in [0, 0.1) is 5.92 Å². The number of hydrogen-bond donors (Lipinski definition) is 1. The summed E-state index contributed by atoms with van der Waals surface area (Å²) in [4.78, 5) is 32.0. The summed E-state index contributed by atoms with van der Waals surface area (Å²) in [6.45, 7) is 4.27. The van der Waals surface area contributed by atoms with Gasteiger partial charge in [0, 0.05) is 23.7 Å². The summed E-state index contributed by atoms with van der Waals surface area (Å²) in [5.74, 6) is 1.19. The molecule has 1 aromatic heterocycles. The topological polar surface area (TPSA) is 67.2 Å². The number of para-hydroxylation sites is 2. The van der Waals surface area contributed by atoms with Crippen LogP contribution in [0.4, 0.5) is 0 Å². The van der Waals surface area contributed by atoms with Gasteiger partial charge in [-0.2, -0.15) is 0 Å². The molecule has 4 rings (SSSR count). The molecule has 2 amide bonds. The average Bonchev–Trinajstić information content (AvgIpc) is 3.10. The lowest BCUT2D eigenvalue weighted by Gasteiger charge is -2.30. The largest absolute Gasteiger partial charge is 0.345 e. The van der Waals surface area contributed by atoms with Gasteiger partial charge in [-0.3, -0.25) is 9.59 Å². The van der Waals surface area contributed by atoms with E-state index in [4.69, 9.17) is 11.6 Å². The van der Waals surface area contributed by atoms with E-state index in [0.717, 1.165) is 37.0 Å². The highest BCUT2D eigenvalue weighted by atomic mass is 35.5. The monoisotopic (exact) mass is 424 g/mol. The number of fused-ring (bicyclic) bond motifs is 1. The average molecular weight is 425 g/mol. The van der Waals surface area contributed by atoms with E-state index in [-0.39, 0.29) is 24.9 Å². The first-order chi connectivity index (χ1) is 14.5. The highest BCUT2D eigenvalue weighted by Crippen LogP contribution is 2.19. The number of aromatic nitrogens is 2. The normalized spacial score (nSPS) is 14.8. The second-order valence-electron chi connectivity index (χ2n) is 7.86. The van der Waals surface area contributed by atoms with Crippen LogP contribution in [0.25, 0.3) is 11.0 Å². The molecule has 1 fully saturated rings. The molecular formula is C23H25ClN4O2. The van der Waals surface area contributed by atoms with Crippen LogP contribution in [-0.4, -0.2) is 39.4 Å². The van der Waals surface area contributed by atoms with E-state index in [2.05, 4.69) is 17.2 Å². The summed E-state index contributed by atoms with van der Waals surface area (Å²) in [7, 11) is 0. The molecule has 0 atom stereocenters. The maximum absolute atomic E-state index is 12.9. The Morgan fingerprint density at radius 2 is 1.90 bits per heavy atom. The zero-order valence-electron chi connectivity index (χ0n) is 17.0. The van der Waals surface area contributed by atoms with Gasteiger partial charge < -0.3 is 14.8 Å². The quantitative estimate of drug-likeness (QED) is 0.675. The Kier molecular flexibility index (Phi) is 6.04. The molecule has 156 valence electrons. The number of carbonyl (C=O) groups excluding carboxylic acids is 2. The SMILES string of the molecule is CC1CCN(C(=O)Cn2c(CNC(=O)c3cccc(Cl)c3)nc3ccccc32)CC1. The van der Waals surface area contributed by atoms with Crippen molar-refractivity contribution in [2.75, 3.05) is 13.1 Å². The van der Waals surface area contributed by atoms with Crippen LogP contribution < -0.4 is 5.32 Å². The van der Waals surface area contributed by atoms with Gasteiger partial charge in [-0.05, 0) is 49.1 Å². The van der Waals surface area contributed by atoms with Gasteiger partial charge >= 0.3 is 0 Å². The van der Waals surface area contributed by atoms with Gasteiger partial charge in [-0.15, -0.1) is 0 Å². The summed E-state index contributed by atoms with van der Waals surface area (Å²) >= 11 is 5.99. The summed E-state index contributed by atoms with van der Waals surface area (Å²) in [5.41, 5.74) is 2.19. The van der Waals surface area contributed by atoms with E-state index in [1.54, 1.807) is 24.3 Å². The third-order valence-electron chi connectivity index (χ3n) is 5.66. The number of imidazole rings is 1. The third-order valence-corrected chi connectivity index (χ3v) is 5.89. The second-order valence-corrected chi connectivity index (χ2v) is 8.30. The molecule has 6 nitrogen and oxygen atoms in total. The van der Waals surface area contributed by atoms with Gasteiger partial charge in [-0.25, -0.2) is 4.98 Å². The molecular weight excluding hydrogens is 400 g/mol. The number of carbonyl (C=O) groups is 2. The van der Waals surface area contributed by atoms with Gasteiger partial charge in [0.25, 0.3) is 5.91 Å². The molecule has 2 aromatic carbocycles. The fraction of sp³-hybridized carbons (Fsp3) is 0.348. The maximum Gasteiger partial charge on any atom is 0.251 e. The van der Waals surface area contributed by atoms with Crippen molar-refractivity contribution in [3.63, 3.8) is 0 Å². The molecule has 0 radical (unpaired) electrons. The maximum atomic E-state index is 12.9. The number of nitrogens with one attached hydrogen (secondary N) is 1. The minimum atomic E-state index is -0.229. The molecule has 30 heavy (non-hydrogen) atoms. The first-order valence-corrected chi connectivity index (χ1v) is 10.6. The molecule has 0 bridgehead atoms.